The zero-order chi connectivity index (χ0) is 26.3. The molecule has 0 spiro atoms. The smallest absolute Gasteiger partial charge is 0.433 e. The molecule has 0 fully saturated rings. The Kier molecular flexibility index (Phi) is 5.78. The molecule has 0 saturated carbocycles. The van der Waals surface area contributed by atoms with Crippen LogP contribution in [0.5, 0.6) is 17.2 Å². The average molecular weight is 515 g/mol. The van der Waals surface area contributed by atoms with E-state index in [9.17, 15) is 28.1 Å². The van der Waals surface area contributed by atoms with Crippen molar-refractivity contribution in [3.63, 3.8) is 0 Å². The Morgan fingerprint density at radius 2 is 1.78 bits per heavy atom. The Morgan fingerprint density at radius 1 is 1.11 bits per heavy atom. The van der Waals surface area contributed by atoms with Gasteiger partial charge in [0.1, 0.15) is 24.7 Å². The first-order valence-corrected chi connectivity index (χ1v) is 10.7. The zero-order valence-electron chi connectivity index (χ0n) is 18.9. The van der Waals surface area contributed by atoms with Crippen LogP contribution in [0.4, 0.5) is 24.5 Å². The van der Waals surface area contributed by atoms with Gasteiger partial charge in [-0.15, -0.1) is 0 Å². The third kappa shape index (κ3) is 4.55. The van der Waals surface area contributed by atoms with E-state index in [0.29, 0.717) is 15.8 Å². The molecule has 37 heavy (non-hydrogen) atoms. The number of benzene rings is 2. The maximum atomic E-state index is 13.9. The molecule has 0 aliphatic carbocycles. The van der Waals surface area contributed by atoms with Gasteiger partial charge in [0.15, 0.2) is 28.5 Å². The first-order valence-electron chi connectivity index (χ1n) is 10.7. The van der Waals surface area contributed by atoms with Gasteiger partial charge in [-0.25, -0.2) is 9.50 Å². The summed E-state index contributed by atoms with van der Waals surface area (Å²) in [6.45, 7) is 0.400. The second-order valence-corrected chi connectivity index (χ2v) is 7.78. The molecule has 0 atom stereocenters. The Morgan fingerprint density at radius 3 is 2.41 bits per heavy atom. The lowest BCUT2D eigenvalue weighted by atomic mass is 10.1. The summed E-state index contributed by atoms with van der Waals surface area (Å²) in [6, 6.07) is 10.4. The van der Waals surface area contributed by atoms with Crippen molar-refractivity contribution >= 4 is 22.9 Å². The Labute approximate surface area is 205 Å². The number of nitrogens with one attached hydrogen (secondary N) is 1. The van der Waals surface area contributed by atoms with Crippen molar-refractivity contribution in [3.05, 3.63) is 70.0 Å². The predicted octanol–water partition coefficient (Wildman–Crippen LogP) is 4.36. The largest absolute Gasteiger partial charge is 0.497 e. The number of amides is 1. The van der Waals surface area contributed by atoms with Crippen LogP contribution in [0.2, 0.25) is 0 Å². The van der Waals surface area contributed by atoms with Gasteiger partial charge in [-0.3, -0.25) is 14.9 Å². The third-order valence-corrected chi connectivity index (χ3v) is 5.44. The van der Waals surface area contributed by atoms with Crippen LogP contribution in [-0.2, 0) is 6.18 Å². The number of carbonyl (C=O) groups excluding carboxylic acids is 1. The van der Waals surface area contributed by atoms with Crippen LogP contribution in [0.15, 0.2) is 48.5 Å². The number of hydrogen-bond acceptors (Lipinski definition) is 8. The lowest BCUT2D eigenvalue weighted by Crippen LogP contribution is -2.18. The molecule has 2 aromatic heterocycles. The van der Waals surface area contributed by atoms with Crippen LogP contribution in [0, 0.1) is 10.1 Å². The number of halogens is 3. The molecule has 0 radical (unpaired) electrons. The van der Waals surface area contributed by atoms with E-state index in [1.165, 1.54) is 13.2 Å². The molecule has 1 amide bonds. The minimum atomic E-state index is -4.82. The van der Waals surface area contributed by atoms with Gasteiger partial charge in [-0.05, 0) is 30.3 Å². The second kappa shape index (κ2) is 8.96. The fraction of sp³-hybridized carbons (Fsp3) is 0.174. The van der Waals surface area contributed by atoms with Crippen LogP contribution < -0.4 is 19.5 Å². The fourth-order valence-electron chi connectivity index (χ4n) is 3.71. The molecule has 0 bridgehead atoms. The topological polar surface area (TPSA) is 130 Å². The van der Waals surface area contributed by atoms with Crippen molar-refractivity contribution in [2.45, 2.75) is 6.18 Å². The van der Waals surface area contributed by atoms with Gasteiger partial charge < -0.3 is 19.5 Å². The summed E-state index contributed by atoms with van der Waals surface area (Å²) in [5, 5.41) is 17.6. The van der Waals surface area contributed by atoms with Gasteiger partial charge in [0.05, 0.1) is 23.8 Å². The normalized spacial score (nSPS) is 12.9. The number of rotatable bonds is 5. The maximum Gasteiger partial charge on any atom is 0.433 e. The molecule has 11 nitrogen and oxygen atoms in total. The molecular formula is C23H16F3N5O6. The molecule has 1 aliphatic heterocycles. The fourth-order valence-corrected chi connectivity index (χ4v) is 3.71. The molecule has 190 valence electrons. The van der Waals surface area contributed by atoms with Crippen LogP contribution in [0.25, 0.3) is 16.9 Å². The van der Waals surface area contributed by atoms with E-state index in [-0.39, 0.29) is 41.7 Å². The summed E-state index contributed by atoms with van der Waals surface area (Å²) in [5.41, 5.74) is -2.19. The summed E-state index contributed by atoms with van der Waals surface area (Å²) in [6.07, 6.45) is -4.82. The number of alkyl halides is 3. The Balaban J connectivity index is 1.54. The van der Waals surface area contributed by atoms with Crippen LogP contribution in [0.1, 0.15) is 16.2 Å². The number of aromatic nitrogens is 3. The molecule has 5 rings (SSSR count). The molecule has 0 saturated heterocycles. The summed E-state index contributed by atoms with van der Waals surface area (Å²) in [4.78, 5) is 27.9. The minimum Gasteiger partial charge on any atom is -0.497 e. The molecule has 2 aromatic carbocycles. The molecular weight excluding hydrogens is 499 g/mol. The van der Waals surface area contributed by atoms with Gasteiger partial charge in [0.2, 0.25) is 0 Å². The number of hydrogen-bond donors (Lipinski definition) is 1. The second-order valence-electron chi connectivity index (χ2n) is 7.78. The molecule has 4 aromatic rings. The van der Waals surface area contributed by atoms with Gasteiger partial charge in [0, 0.05) is 17.7 Å². The number of carbonyl (C=O) groups is 1. The zero-order valence-corrected chi connectivity index (χ0v) is 18.9. The first-order chi connectivity index (χ1) is 17.6. The van der Waals surface area contributed by atoms with Crippen LogP contribution in [0.3, 0.4) is 0 Å². The number of nitrogens with zero attached hydrogens (tertiary/aromatic N) is 4. The van der Waals surface area contributed by atoms with E-state index in [4.69, 9.17) is 14.2 Å². The summed E-state index contributed by atoms with van der Waals surface area (Å²) in [5.74, 6) is -0.164. The number of fused-ring (bicyclic) bond motifs is 2. The van der Waals surface area contributed by atoms with E-state index >= 15 is 0 Å². The lowest BCUT2D eigenvalue weighted by Gasteiger charge is -2.19. The number of anilines is 1. The number of methoxy groups -OCH3 is 1. The molecule has 1 aliphatic rings. The van der Waals surface area contributed by atoms with Crippen molar-refractivity contribution < 1.29 is 37.1 Å². The highest BCUT2D eigenvalue weighted by atomic mass is 19.4. The van der Waals surface area contributed by atoms with Gasteiger partial charge in [0.25, 0.3) is 11.6 Å². The van der Waals surface area contributed by atoms with E-state index < -0.39 is 34.1 Å². The van der Waals surface area contributed by atoms with Crippen LogP contribution >= 0.6 is 0 Å². The van der Waals surface area contributed by atoms with Crippen molar-refractivity contribution in [2.75, 3.05) is 25.6 Å². The molecule has 0 unspecified atom stereocenters. The van der Waals surface area contributed by atoms with Gasteiger partial charge in [-0.2, -0.15) is 18.3 Å². The van der Waals surface area contributed by atoms with Gasteiger partial charge in [-0.1, -0.05) is 0 Å². The van der Waals surface area contributed by atoms with Crippen molar-refractivity contribution in [1.82, 2.24) is 14.6 Å². The monoisotopic (exact) mass is 515 g/mol. The summed E-state index contributed by atoms with van der Waals surface area (Å²) in [7, 11) is 1.46. The highest BCUT2D eigenvalue weighted by Gasteiger charge is 2.36. The first kappa shape index (κ1) is 23.8. The third-order valence-electron chi connectivity index (χ3n) is 5.44. The quantitative estimate of drug-likeness (QED) is 0.307. The highest BCUT2D eigenvalue weighted by Crippen LogP contribution is 2.39. The Hall–Kier alpha value is -4.88. The molecule has 1 N–H and O–H groups in total. The van der Waals surface area contributed by atoms with E-state index in [1.807, 2.05) is 0 Å². The standard InChI is InChI=1S/C23H16F3N5O6/c1-35-13-4-2-12(3-5-13)14-9-20(23(24,25)26)30-21(27-14)10-16(29-30)22(32)28-15-8-18-19(37-7-6-36-18)11-17(15)31(33)34/h2-5,8-11H,6-7H2,1H3,(H,28,32). The van der Waals surface area contributed by atoms with Crippen molar-refractivity contribution in [1.29, 1.82) is 0 Å². The number of nitro groups is 1. The van der Waals surface area contributed by atoms with E-state index in [1.54, 1.807) is 24.3 Å². The number of nitro benzene ring substituents is 1. The van der Waals surface area contributed by atoms with E-state index in [0.717, 1.165) is 18.2 Å². The summed E-state index contributed by atoms with van der Waals surface area (Å²) >= 11 is 0. The van der Waals surface area contributed by atoms with Crippen molar-refractivity contribution in [3.8, 4) is 28.5 Å². The van der Waals surface area contributed by atoms with Crippen molar-refractivity contribution in [2.24, 2.45) is 0 Å². The van der Waals surface area contributed by atoms with Gasteiger partial charge >= 0.3 is 6.18 Å². The molecule has 14 heteroatoms. The molecule has 3 heterocycles. The number of ether oxygens (including phenoxy) is 3. The predicted molar refractivity (Wildman–Crippen MR) is 122 cm³/mol. The SMILES string of the molecule is COc1ccc(-c2cc(C(F)(F)F)n3nc(C(=O)Nc4cc5c(cc4[N+](=O)[O-])OCCO5)cc3n2)cc1. The van der Waals surface area contributed by atoms with E-state index in [2.05, 4.69) is 15.4 Å². The maximum absolute atomic E-state index is 13.9. The summed E-state index contributed by atoms with van der Waals surface area (Å²) < 4.78 is 57.9. The minimum absolute atomic E-state index is 0.00295. The Bertz CT molecular complexity index is 1530. The average Bonchev–Trinajstić information content (AvgIpc) is 3.31. The highest BCUT2D eigenvalue weighted by molar-refractivity contribution is 6.05. The van der Waals surface area contributed by atoms with Crippen LogP contribution in [-0.4, -0.2) is 45.8 Å². The lowest BCUT2D eigenvalue weighted by molar-refractivity contribution is -0.384.